The molecule has 0 radical (unpaired) electrons. The van der Waals surface area contributed by atoms with Crippen LogP contribution in [0.5, 0.6) is 0 Å². The zero-order valence-electron chi connectivity index (χ0n) is 13.7. The lowest BCUT2D eigenvalue weighted by atomic mass is 10.2. The molecule has 1 aliphatic rings. The third kappa shape index (κ3) is 10.7. The molecule has 0 saturated carbocycles. The largest absolute Gasteiger partial charge is 0.314 e. The summed E-state index contributed by atoms with van der Waals surface area (Å²) >= 11 is 0. The molecule has 1 aliphatic heterocycles. The summed E-state index contributed by atoms with van der Waals surface area (Å²) in [5.41, 5.74) is 1.31. The van der Waals surface area contributed by atoms with Crippen molar-refractivity contribution in [3.05, 3.63) is 30.1 Å². The van der Waals surface area contributed by atoms with E-state index in [9.17, 15) is 0 Å². The van der Waals surface area contributed by atoms with Gasteiger partial charge in [0.25, 0.3) is 0 Å². The van der Waals surface area contributed by atoms with Gasteiger partial charge in [0.15, 0.2) is 0 Å². The predicted molar refractivity (Wildman–Crippen MR) is 86.4 cm³/mol. The third-order valence-electron chi connectivity index (χ3n) is 2.34. The number of rotatable bonds is 2. The van der Waals surface area contributed by atoms with Gasteiger partial charge in [0, 0.05) is 45.1 Å². The summed E-state index contributed by atoms with van der Waals surface area (Å²) in [6, 6.07) is 4.13. The Morgan fingerprint density at radius 3 is 2.11 bits per heavy atom. The van der Waals surface area contributed by atoms with Gasteiger partial charge < -0.3 is 5.32 Å². The Morgan fingerprint density at radius 2 is 1.63 bits per heavy atom. The van der Waals surface area contributed by atoms with Crippen molar-refractivity contribution in [3.8, 4) is 0 Å². The summed E-state index contributed by atoms with van der Waals surface area (Å²) in [4.78, 5) is 6.56. The zero-order valence-corrected chi connectivity index (χ0v) is 13.7. The van der Waals surface area contributed by atoms with Crippen LogP contribution in [0.25, 0.3) is 0 Å². The first kappa shape index (κ1) is 20.4. The van der Waals surface area contributed by atoms with Crippen LogP contribution in [0.4, 0.5) is 0 Å². The van der Waals surface area contributed by atoms with Crippen LogP contribution >= 0.6 is 0 Å². The van der Waals surface area contributed by atoms with Crippen molar-refractivity contribution < 1.29 is 0 Å². The highest BCUT2D eigenvalue weighted by Crippen LogP contribution is 2.02. The highest BCUT2D eigenvalue weighted by atomic mass is 15.2. The molecule has 1 aromatic heterocycles. The smallest absolute Gasteiger partial charge is 0.0312 e. The number of pyridine rings is 1. The van der Waals surface area contributed by atoms with E-state index in [1.165, 1.54) is 5.56 Å². The summed E-state index contributed by atoms with van der Waals surface area (Å²) in [5, 5.41) is 3.34. The fourth-order valence-corrected chi connectivity index (χ4v) is 1.62. The minimum absolute atomic E-state index is 1.04. The van der Waals surface area contributed by atoms with Crippen LogP contribution in [0.1, 0.15) is 47.1 Å². The van der Waals surface area contributed by atoms with Gasteiger partial charge in [0.1, 0.15) is 0 Å². The first-order valence-corrected chi connectivity index (χ1v) is 7.77. The normalized spacial score (nSPS) is 13.8. The van der Waals surface area contributed by atoms with E-state index in [0.717, 1.165) is 32.7 Å². The standard InChI is InChI=1S/C10H15N3.3C2H6/c1-2-10(8-12-3-1)9-13-6-4-11-5-7-13;3*1-2/h1-3,8,11H,4-7,9H2;3*1-2H3. The van der Waals surface area contributed by atoms with Gasteiger partial charge in [0.2, 0.25) is 0 Å². The molecule has 0 amide bonds. The highest BCUT2D eigenvalue weighted by molar-refractivity contribution is 5.08. The second kappa shape index (κ2) is 17.1. The minimum atomic E-state index is 1.04. The number of nitrogens with one attached hydrogen (secondary N) is 1. The summed E-state index contributed by atoms with van der Waals surface area (Å²) in [6.07, 6.45) is 3.77. The van der Waals surface area contributed by atoms with Gasteiger partial charge in [-0.3, -0.25) is 9.88 Å². The predicted octanol–water partition coefficient (Wildman–Crippen LogP) is 3.57. The summed E-state index contributed by atoms with van der Waals surface area (Å²) in [7, 11) is 0. The molecule has 1 saturated heterocycles. The number of hydrogen-bond acceptors (Lipinski definition) is 3. The van der Waals surface area contributed by atoms with Crippen molar-refractivity contribution in [1.29, 1.82) is 0 Å². The Bertz CT molecular complexity index is 243. The Labute approximate surface area is 120 Å². The van der Waals surface area contributed by atoms with E-state index in [-0.39, 0.29) is 0 Å². The van der Waals surface area contributed by atoms with Gasteiger partial charge in [-0.05, 0) is 11.6 Å². The molecule has 0 aromatic carbocycles. The molecule has 1 fully saturated rings. The van der Waals surface area contributed by atoms with Crippen molar-refractivity contribution in [1.82, 2.24) is 15.2 Å². The summed E-state index contributed by atoms with van der Waals surface area (Å²) in [6.45, 7) is 17.6. The fourth-order valence-electron chi connectivity index (χ4n) is 1.62. The molecule has 1 aromatic rings. The van der Waals surface area contributed by atoms with Crippen molar-refractivity contribution >= 4 is 0 Å². The van der Waals surface area contributed by atoms with Gasteiger partial charge in [-0.25, -0.2) is 0 Å². The molecular weight excluding hydrogens is 234 g/mol. The van der Waals surface area contributed by atoms with Crippen LogP contribution < -0.4 is 5.32 Å². The molecule has 3 nitrogen and oxygen atoms in total. The van der Waals surface area contributed by atoms with Crippen LogP contribution in [-0.4, -0.2) is 36.1 Å². The van der Waals surface area contributed by atoms with E-state index in [2.05, 4.69) is 21.3 Å². The Morgan fingerprint density at radius 1 is 1.05 bits per heavy atom. The molecule has 0 aliphatic carbocycles. The van der Waals surface area contributed by atoms with Crippen LogP contribution in [0.2, 0.25) is 0 Å². The van der Waals surface area contributed by atoms with Crippen LogP contribution in [0.15, 0.2) is 24.5 Å². The lowest BCUT2D eigenvalue weighted by Crippen LogP contribution is -2.42. The van der Waals surface area contributed by atoms with Crippen LogP contribution in [0, 0.1) is 0 Å². The number of hydrogen-bond donors (Lipinski definition) is 1. The van der Waals surface area contributed by atoms with Crippen molar-refractivity contribution in [2.75, 3.05) is 26.2 Å². The average molecular weight is 267 g/mol. The number of piperazine rings is 1. The van der Waals surface area contributed by atoms with E-state index in [1.807, 2.05) is 60.0 Å². The molecule has 2 rings (SSSR count). The SMILES string of the molecule is CC.CC.CC.c1cncc(CN2CCNCC2)c1. The molecule has 0 atom stereocenters. The molecule has 0 bridgehead atoms. The highest BCUT2D eigenvalue weighted by Gasteiger charge is 2.08. The summed E-state index contributed by atoms with van der Waals surface area (Å²) < 4.78 is 0. The Hall–Kier alpha value is -0.930. The van der Waals surface area contributed by atoms with E-state index in [4.69, 9.17) is 0 Å². The molecule has 3 heteroatoms. The molecule has 0 spiro atoms. The zero-order chi connectivity index (χ0) is 14.9. The van der Waals surface area contributed by atoms with E-state index < -0.39 is 0 Å². The second-order valence-corrected chi connectivity index (χ2v) is 3.39. The minimum Gasteiger partial charge on any atom is -0.314 e. The third-order valence-corrected chi connectivity index (χ3v) is 2.34. The molecular formula is C16H33N3. The van der Waals surface area contributed by atoms with Gasteiger partial charge in [-0.15, -0.1) is 0 Å². The van der Waals surface area contributed by atoms with E-state index >= 15 is 0 Å². The average Bonchev–Trinajstić information content (AvgIpc) is 2.55. The quantitative estimate of drug-likeness (QED) is 0.888. The maximum Gasteiger partial charge on any atom is 0.0312 e. The molecule has 19 heavy (non-hydrogen) atoms. The van der Waals surface area contributed by atoms with E-state index in [0.29, 0.717) is 0 Å². The number of aromatic nitrogens is 1. The van der Waals surface area contributed by atoms with Crippen molar-refractivity contribution in [2.45, 2.75) is 48.1 Å². The van der Waals surface area contributed by atoms with Crippen LogP contribution in [0.3, 0.4) is 0 Å². The lowest BCUT2D eigenvalue weighted by molar-refractivity contribution is 0.233. The molecule has 1 N–H and O–H groups in total. The van der Waals surface area contributed by atoms with Gasteiger partial charge in [0.05, 0.1) is 0 Å². The maximum atomic E-state index is 4.11. The molecule has 112 valence electrons. The van der Waals surface area contributed by atoms with Gasteiger partial charge in [-0.1, -0.05) is 47.6 Å². The molecule has 0 unspecified atom stereocenters. The van der Waals surface area contributed by atoms with Crippen molar-refractivity contribution in [3.63, 3.8) is 0 Å². The summed E-state index contributed by atoms with van der Waals surface area (Å²) in [5.74, 6) is 0. The first-order valence-electron chi connectivity index (χ1n) is 7.77. The maximum absolute atomic E-state index is 4.11. The van der Waals surface area contributed by atoms with Crippen LogP contribution in [-0.2, 0) is 6.54 Å². The van der Waals surface area contributed by atoms with Crippen molar-refractivity contribution in [2.24, 2.45) is 0 Å². The van der Waals surface area contributed by atoms with Gasteiger partial charge >= 0.3 is 0 Å². The van der Waals surface area contributed by atoms with Gasteiger partial charge in [-0.2, -0.15) is 0 Å². The first-order chi connectivity index (χ1) is 9.45. The fraction of sp³-hybridized carbons (Fsp3) is 0.688. The number of nitrogens with zero attached hydrogens (tertiary/aromatic N) is 2. The monoisotopic (exact) mass is 267 g/mol. The Kier molecular flexibility index (Phi) is 18.3. The van der Waals surface area contributed by atoms with E-state index in [1.54, 1.807) is 0 Å². The molecule has 2 heterocycles. The second-order valence-electron chi connectivity index (χ2n) is 3.39. The topological polar surface area (TPSA) is 28.2 Å². The Balaban J connectivity index is 0. The lowest BCUT2D eigenvalue weighted by Gasteiger charge is -2.26.